The lowest BCUT2D eigenvalue weighted by Crippen LogP contribution is -2.50. The molecule has 17 heavy (non-hydrogen) atoms. The molecular formula is C13H16BrNO2. The lowest BCUT2D eigenvalue weighted by Gasteiger charge is -2.34. The number of ether oxygens (including phenoxy) is 1. The van der Waals surface area contributed by atoms with Crippen molar-refractivity contribution in [3.63, 3.8) is 0 Å². The second-order valence-corrected chi connectivity index (χ2v) is 5.31. The molecule has 0 bridgehead atoms. The summed E-state index contributed by atoms with van der Waals surface area (Å²) in [5.41, 5.74) is 4.70. The van der Waals surface area contributed by atoms with E-state index >= 15 is 0 Å². The van der Waals surface area contributed by atoms with Crippen molar-refractivity contribution in [2.45, 2.75) is 37.7 Å². The van der Waals surface area contributed by atoms with Crippen molar-refractivity contribution in [3.05, 3.63) is 28.7 Å². The fourth-order valence-electron chi connectivity index (χ4n) is 2.26. The SMILES string of the molecule is NC(=O)C1(Oc2ccccc2Br)CCCCC1. The molecule has 1 aromatic rings. The number of carbonyl (C=O) groups excluding carboxylic acids is 1. The Morgan fingerprint density at radius 3 is 2.47 bits per heavy atom. The number of hydrogen-bond acceptors (Lipinski definition) is 2. The van der Waals surface area contributed by atoms with Crippen LogP contribution in [0.3, 0.4) is 0 Å². The Morgan fingerprint density at radius 2 is 1.88 bits per heavy atom. The van der Waals surface area contributed by atoms with Crippen molar-refractivity contribution in [2.24, 2.45) is 5.73 Å². The Bertz CT molecular complexity index is 414. The first kappa shape index (κ1) is 12.4. The molecule has 1 amide bonds. The van der Waals surface area contributed by atoms with Gasteiger partial charge in [-0.1, -0.05) is 18.6 Å². The van der Waals surface area contributed by atoms with E-state index in [0.29, 0.717) is 18.6 Å². The third-order valence-corrected chi connectivity index (χ3v) is 3.91. The summed E-state index contributed by atoms with van der Waals surface area (Å²) in [6.07, 6.45) is 4.56. The van der Waals surface area contributed by atoms with Crippen LogP contribution in [0.25, 0.3) is 0 Å². The number of halogens is 1. The molecule has 1 aliphatic carbocycles. The summed E-state index contributed by atoms with van der Waals surface area (Å²) in [5.74, 6) is 0.334. The summed E-state index contributed by atoms with van der Waals surface area (Å²) in [6, 6.07) is 7.54. The van der Waals surface area contributed by atoms with E-state index in [0.717, 1.165) is 23.7 Å². The average molecular weight is 298 g/mol. The first-order valence-corrected chi connectivity index (χ1v) is 6.67. The molecule has 4 heteroatoms. The van der Waals surface area contributed by atoms with Crippen LogP contribution in [0.5, 0.6) is 5.75 Å². The second-order valence-electron chi connectivity index (χ2n) is 4.45. The quantitative estimate of drug-likeness (QED) is 0.932. The fraction of sp³-hybridized carbons (Fsp3) is 0.462. The molecule has 0 spiro atoms. The van der Waals surface area contributed by atoms with Gasteiger partial charge < -0.3 is 10.5 Å². The predicted molar refractivity (Wildman–Crippen MR) is 69.8 cm³/mol. The van der Waals surface area contributed by atoms with E-state index in [4.69, 9.17) is 10.5 Å². The van der Waals surface area contributed by atoms with Crippen LogP contribution < -0.4 is 10.5 Å². The lowest BCUT2D eigenvalue weighted by atomic mass is 9.84. The minimum absolute atomic E-state index is 0.354. The van der Waals surface area contributed by atoms with Crippen LogP contribution in [-0.2, 0) is 4.79 Å². The molecule has 0 aliphatic heterocycles. The maximum atomic E-state index is 11.7. The molecule has 1 aromatic carbocycles. The number of hydrogen-bond donors (Lipinski definition) is 1. The monoisotopic (exact) mass is 297 g/mol. The normalized spacial score (nSPS) is 18.6. The zero-order valence-electron chi connectivity index (χ0n) is 9.62. The van der Waals surface area contributed by atoms with Crippen molar-refractivity contribution < 1.29 is 9.53 Å². The van der Waals surface area contributed by atoms with Gasteiger partial charge in [-0.05, 0) is 53.7 Å². The number of carbonyl (C=O) groups is 1. The summed E-state index contributed by atoms with van der Waals surface area (Å²) in [4.78, 5) is 11.7. The highest BCUT2D eigenvalue weighted by molar-refractivity contribution is 9.10. The van der Waals surface area contributed by atoms with Crippen LogP contribution in [0.4, 0.5) is 0 Å². The van der Waals surface area contributed by atoms with E-state index in [-0.39, 0.29) is 5.91 Å². The summed E-state index contributed by atoms with van der Waals surface area (Å²) >= 11 is 3.42. The first-order valence-electron chi connectivity index (χ1n) is 5.87. The number of rotatable bonds is 3. The van der Waals surface area contributed by atoms with Gasteiger partial charge in [0.15, 0.2) is 5.60 Å². The summed E-state index contributed by atoms with van der Waals surface area (Å²) in [6.45, 7) is 0. The highest BCUT2D eigenvalue weighted by Crippen LogP contribution is 2.35. The Labute approximate surface area is 109 Å². The molecule has 1 saturated carbocycles. The topological polar surface area (TPSA) is 52.3 Å². The smallest absolute Gasteiger partial charge is 0.261 e. The van der Waals surface area contributed by atoms with Gasteiger partial charge in [-0.25, -0.2) is 0 Å². The maximum absolute atomic E-state index is 11.7. The second kappa shape index (κ2) is 5.08. The molecule has 1 fully saturated rings. The molecule has 0 atom stereocenters. The highest BCUT2D eigenvalue weighted by atomic mass is 79.9. The molecule has 0 heterocycles. The van der Waals surface area contributed by atoms with E-state index in [1.165, 1.54) is 0 Å². The van der Waals surface area contributed by atoms with E-state index in [1.54, 1.807) is 0 Å². The van der Waals surface area contributed by atoms with Gasteiger partial charge in [0.2, 0.25) is 0 Å². The van der Waals surface area contributed by atoms with Crippen LogP contribution in [0, 0.1) is 0 Å². The number of benzene rings is 1. The van der Waals surface area contributed by atoms with E-state index in [1.807, 2.05) is 24.3 Å². The fourth-order valence-corrected chi connectivity index (χ4v) is 2.63. The van der Waals surface area contributed by atoms with Crippen LogP contribution in [0.2, 0.25) is 0 Å². The van der Waals surface area contributed by atoms with E-state index in [9.17, 15) is 4.79 Å². The van der Waals surface area contributed by atoms with Gasteiger partial charge in [0.05, 0.1) is 4.47 Å². The molecule has 0 aromatic heterocycles. The van der Waals surface area contributed by atoms with Crippen molar-refractivity contribution in [3.8, 4) is 5.75 Å². The van der Waals surface area contributed by atoms with Gasteiger partial charge in [-0.15, -0.1) is 0 Å². The molecular weight excluding hydrogens is 282 g/mol. The van der Waals surface area contributed by atoms with Crippen LogP contribution in [0.1, 0.15) is 32.1 Å². The molecule has 92 valence electrons. The Morgan fingerprint density at radius 1 is 1.24 bits per heavy atom. The van der Waals surface area contributed by atoms with E-state index in [2.05, 4.69) is 15.9 Å². The van der Waals surface area contributed by atoms with Gasteiger partial charge in [0.25, 0.3) is 5.91 Å². The minimum atomic E-state index is -0.817. The molecule has 0 saturated heterocycles. The largest absolute Gasteiger partial charge is 0.476 e. The van der Waals surface area contributed by atoms with Gasteiger partial charge in [-0.2, -0.15) is 0 Å². The van der Waals surface area contributed by atoms with E-state index < -0.39 is 5.60 Å². The number of nitrogens with two attached hydrogens (primary N) is 1. The van der Waals surface area contributed by atoms with Gasteiger partial charge in [0, 0.05) is 0 Å². The minimum Gasteiger partial charge on any atom is -0.476 e. The summed E-state index contributed by atoms with van der Waals surface area (Å²) < 4.78 is 6.77. The van der Waals surface area contributed by atoms with Gasteiger partial charge >= 0.3 is 0 Å². The number of amides is 1. The molecule has 2 rings (SSSR count). The third kappa shape index (κ3) is 2.63. The first-order chi connectivity index (χ1) is 8.14. The van der Waals surface area contributed by atoms with Crippen LogP contribution in [0.15, 0.2) is 28.7 Å². The molecule has 3 nitrogen and oxygen atoms in total. The predicted octanol–water partition coefficient (Wildman–Crippen LogP) is 3.02. The molecule has 0 unspecified atom stereocenters. The van der Waals surface area contributed by atoms with Gasteiger partial charge in [-0.3, -0.25) is 4.79 Å². The molecule has 2 N–H and O–H groups in total. The zero-order valence-corrected chi connectivity index (χ0v) is 11.2. The standard InChI is InChI=1S/C13H16BrNO2/c14-10-6-2-3-7-11(10)17-13(12(15)16)8-4-1-5-9-13/h2-3,6-7H,1,4-5,8-9H2,(H2,15,16). The Kier molecular flexibility index (Phi) is 3.72. The van der Waals surface area contributed by atoms with Crippen LogP contribution in [-0.4, -0.2) is 11.5 Å². The zero-order chi connectivity index (χ0) is 12.3. The maximum Gasteiger partial charge on any atom is 0.261 e. The van der Waals surface area contributed by atoms with Crippen molar-refractivity contribution in [1.82, 2.24) is 0 Å². The van der Waals surface area contributed by atoms with Crippen molar-refractivity contribution in [1.29, 1.82) is 0 Å². The van der Waals surface area contributed by atoms with Gasteiger partial charge in [0.1, 0.15) is 5.75 Å². The molecule has 1 aliphatic rings. The summed E-state index contributed by atoms with van der Waals surface area (Å²) in [5, 5.41) is 0. The van der Waals surface area contributed by atoms with Crippen molar-refractivity contribution in [2.75, 3.05) is 0 Å². The Hall–Kier alpha value is -1.03. The van der Waals surface area contributed by atoms with Crippen LogP contribution >= 0.6 is 15.9 Å². The summed E-state index contributed by atoms with van der Waals surface area (Å²) in [7, 11) is 0. The lowest BCUT2D eigenvalue weighted by molar-refractivity contribution is -0.136. The Balaban J connectivity index is 2.24. The average Bonchev–Trinajstić information content (AvgIpc) is 2.33. The highest BCUT2D eigenvalue weighted by Gasteiger charge is 2.40. The number of primary amides is 1. The third-order valence-electron chi connectivity index (χ3n) is 3.25. The van der Waals surface area contributed by atoms with Crippen molar-refractivity contribution >= 4 is 21.8 Å². The molecule has 0 radical (unpaired) electrons. The number of para-hydroxylation sites is 1.